The van der Waals surface area contributed by atoms with Gasteiger partial charge in [0, 0.05) is 15.6 Å². The van der Waals surface area contributed by atoms with Crippen LogP contribution in [0.15, 0.2) is 113 Å². The van der Waals surface area contributed by atoms with E-state index in [0.29, 0.717) is 0 Å². The fourth-order valence-electron chi connectivity index (χ4n) is 4.30. The van der Waals surface area contributed by atoms with Gasteiger partial charge in [-0.2, -0.15) is 0 Å². The summed E-state index contributed by atoms with van der Waals surface area (Å²) in [5.74, 6) is 0. The third-order valence-corrected chi connectivity index (χ3v) is 5.94. The maximum Gasteiger partial charge on any atom is 0.0792 e. The number of fused-ring (bicyclic) bond motifs is 3. The predicted molar refractivity (Wildman–Crippen MR) is 110 cm³/mol. The van der Waals surface area contributed by atoms with E-state index in [2.05, 4.69) is 112 Å². The Morgan fingerprint density at radius 3 is 2.35 bits per heavy atom. The predicted octanol–water partition coefficient (Wildman–Crippen LogP) is 6.57. The van der Waals surface area contributed by atoms with Crippen molar-refractivity contribution in [2.45, 2.75) is 5.41 Å². The van der Waals surface area contributed by atoms with Crippen LogP contribution in [0.4, 0.5) is 0 Å². The van der Waals surface area contributed by atoms with Gasteiger partial charge in [0.05, 0.1) is 5.41 Å². The smallest absolute Gasteiger partial charge is 0.0699 e. The second-order valence-corrected chi connectivity index (χ2v) is 7.39. The van der Waals surface area contributed by atoms with Crippen molar-refractivity contribution in [3.63, 3.8) is 0 Å². The molecule has 3 aromatic rings. The number of hydrogen-bond acceptors (Lipinski definition) is 0. The van der Waals surface area contributed by atoms with E-state index in [9.17, 15) is 0 Å². The standard InChI is InChI=1S/C25H15Br/c26-23-17-9-16-22-24(23)20-14-7-8-15-21(20)25(22,18-10-3-1-4-11-18)19-12-5-2-6-13-19/h1-5,7-12,14-17H. The molecule has 122 valence electrons. The summed E-state index contributed by atoms with van der Waals surface area (Å²) in [5, 5.41) is 0. The lowest BCUT2D eigenvalue weighted by atomic mass is 9.67. The summed E-state index contributed by atoms with van der Waals surface area (Å²) < 4.78 is 1.13. The molecule has 1 unspecified atom stereocenters. The van der Waals surface area contributed by atoms with E-state index in [0.717, 1.165) is 10.0 Å². The molecule has 1 atom stereocenters. The van der Waals surface area contributed by atoms with Crippen LogP contribution in [-0.4, -0.2) is 0 Å². The number of hydrogen-bond donors (Lipinski definition) is 0. The highest BCUT2D eigenvalue weighted by Crippen LogP contribution is 2.57. The molecule has 0 aromatic heterocycles. The van der Waals surface area contributed by atoms with Gasteiger partial charge < -0.3 is 0 Å². The molecule has 0 fully saturated rings. The van der Waals surface area contributed by atoms with Crippen molar-refractivity contribution < 1.29 is 0 Å². The van der Waals surface area contributed by atoms with Gasteiger partial charge in [0.25, 0.3) is 0 Å². The molecule has 2 aliphatic rings. The topological polar surface area (TPSA) is 0 Å². The Labute approximate surface area is 161 Å². The molecule has 5 rings (SSSR count). The van der Waals surface area contributed by atoms with Gasteiger partial charge >= 0.3 is 0 Å². The zero-order chi connectivity index (χ0) is 17.6. The highest BCUT2D eigenvalue weighted by Gasteiger charge is 2.47. The monoisotopic (exact) mass is 394 g/mol. The van der Waals surface area contributed by atoms with Crippen LogP contribution in [0.5, 0.6) is 0 Å². The highest BCUT2D eigenvalue weighted by atomic mass is 79.9. The first-order valence-electron chi connectivity index (χ1n) is 8.67. The van der Waals surface area contributed by atoms with E-state index in [1.165, 1.54) is 27.8 Å². The number of rotatable bonds is 2. The molecular formula is C25H15Br. The molecule has 0 saturated heterocycles. The van der Waals surface area contributed by atoms with Crippen molar-refractivity contribution in [1.29, 1.82) is 0 Å². The van der Waals surface area contributed by atoms with Gasteiger partial charge in [-0.15, -0.1) is 0 Å². The Kier molecular flexibility index (Phi) is 3.48. The number of allylic oxidation sites excluding steroid dienone is 4. The van der Waals surface area contributed by atoms with E-state index >= 15 is 0 Å². The van der Waals surface area contributed by atoms with E-state index in [1.807, 2.05) is 6.08 Å². The molecular weight excluding hydrogens is 380 g/mol. The third kappa shape index (κ3) is 1.97. The molecule has 0 radical (unpaired) electrons. The van der Waals surface area contributed by atoms with E-state index in [4.69, 9.17) is 0 Å². The molecule has 0 nitrogen and oxygen atoms in total. The van der Waals surface area contributed by atoms with Crippen LogP contribution in [0, 0.1) is 0 Å². The minimum atomic E-state index is -0.380. The molecule has 26 heavy (non-hydrogen) atoms. The van der Waals surface area contributed by atoms with Gasteiger partial charge in [-0.25, -0.2) is 0 Å². The summed E-state index contributed by atoms with van der Waals surface area (Å²) in [6, 6.07) is 25.9. The van der Waals surface area contributed by atoms with E-state index < -0.39 is 0 Å². The van der Waals surface area contributed by atoms with Crippen molar-refractivity contribution in [3.8, 4) is 11.1 Å². The minimum Gasteiger partial charge on any atom is -0.0699 e. The summed E-state index contributed by atoms with van der Waals surface area (Å²) in [7, 11) is 0. The average Bonchev–Trinajstić information content (AvgIpc) is 3.02. The quantitative estimate of drug-likeness (QED) is 0.431. The zero-order valence-electron chi connectivity index (χ0n) is 14.0. The summed E-state index contributed by atoms with van der Waals surface area (Å²) in [5.41, 5.74) is 13.7. The normalized spacial score (nSPS) is 19.2. The van der Waals surface area contributed by atoms with Crippen LogP contribution in [0.1, 0.15) is 16.7 Å². The largest absolute Gasteiger partial charge is 0.0792 e. The molecule has 3 aromatic carbocycles. The van der Waals surface area contributed by atoms with Crippen LogP contribution in [0.2, 0.25) is 0 Å². The minimum absolute atomic E-state index is 0.380. The first-order chi connectivity index (χ1) is 12.8. The lowest BCUT2D eigenvalue weighted by molar-refractivity contribution is 0.768. The van der Waals surface area contributed by atoms with E-state index in [-0.39, 0.29) is 5.41 Å². The van der Waals surface area contributed by atoms with Crippen molar-refractivity contribution in [1.82, 2.24) is 0 Å². The van der Waals surface area contributed by atoms with Gasteiger partial charge in [0.2, 0.25) is 0 Å². The lowest BCUT2D eigenvalue weighted by Gasteiger charge is -2.33. The molecule has 0 amide bonds. The second-order valence-electron chi connectivity index (χ2n) is 6.53. The SMILES string of the molecule is Brc1cccc2c1-c1ccccc1C2(C1=C=C=CC=C1)c1ccccc1. The van der Waals surface area contributed by atoms with Crippen molar-refractivity contribution in [2.24, 2.45) is 0 Å². The summed E-state index contributed by atoms with van der Waals surface area (Å²) in [6.45, 7) is 0. The number of halogens is 1. The Morgan fingerprint density at radius 2 is 1.54 bits per heavy atom. The van der Waals surface area contributed by atoms with Crippen molar-refractivity contribution >= 4 is 15.9 Å². The molecule has 0 spiro atoms. The summed E-state index contributed by atoms with van der Waals surface area (Å²) in [6.07, 6.45) is 6.12. The summed E-state index contributed by atoms with van der Waals surface area (Å²) >= 11 is 3.80. The fraction of sp³-hybridized carbons (Fsp3) is 0.0400. The molecule has 0 aliphatic heterocycles. The maximum absolute atomic E-state index is 3.80. The van der Waals surface area contributed by atoms with Crippen molar-refractivity contribution in [3.05, 3.63) is 129 Å². The Bertz CT molecular complexity index is 1150. The van der Waals surface area contributed by atoms with Crippen LogP contribution in [0.3, 0.4) is 0 Å². The zero-order valence-corrected chi connectivity index (χ0v) is 15.6. The molecule has 1 heteroatoms. The molecule has 0 bridgehead atoms. The second kappa shape index (κ2) is 5.87. The van der Waals surface area contributed by atoms with E-state index in [1.54, 1.807) is 0 Å². The Morgan fingerprint density at radius 1 is 0.769 bits per heavy atom. The van der Waals surface area contributed by atoms with Gasteiger partial charge in [-0.05, 0) is 40.5 Å². The van der Waals surface area contributed by atoms with Gasteiger partial charge in [0.15, 0.2) is 0 Å². The Balaban J connectivity index is 2.02. The fourth-order valence-corrected chi connectivity index (χ4v) is 4.88. The molecule has 0 N–H and O–H groups in total. The Hall–Kier alpha value is -2.82. The van der Waals surface area contributed by atoms with Crippen LogP contribution in [0.25, 0.3) is 11.1 Å². The van der Waals surface area contributed by atoms with Gasteiger partial charge in [-0.1, -0.05) is 100 Å². The van der Waals surface area contributed by atoms with Crippen LogP contribution < -0.4 is 0 Å². The number of benzene rings is 3. The van der Waals surface area contributed by atoms with Crippen LogP contribution >= 0.6 is 15.9 Å². The third-order valence-electron chi connectivity index (χ3n) is 5.28. The molecule has 0 heterocycles. The average molecular weight is 395 g/mol. The van der Waals surface area contributed by atoms with Gasteiger partial charge in [-0.3, -0.25) is 0 Å². The van der Waals surface area contributed by atoms with Crippen molar-refractivity contribution in [2.75, 3.05) is 0 Å². The highest BCUT2D eigenvalue weighted by molar-refractivity contribution is 9.10. The van der Waals surface area contributed by atoms with Crippen LogP contribution in [-0.2, 0) is 5.41 Å². The lowest BCUT2D eigenvalue weighted by Crippen LogP contribution is -2.28. The molecule has 2 aliphatic carbocycles. The maximum atomic E-state index is 3.80. The van der Waals surface area contributed by atoms with Gasteiger partial charge in [0.1, 0.15) is 0 Å². The first kappa shape index (κ1) is 15.4. The molecule has 0 saturated carbocycles. The first-order valence-corrected chi connectivity index (χ1v) is 9.46. The summed E-state index contributed by atoms with van der Waals surface area (Å²) in [4.78, 5) is 0.